The van der Waals surface area contributed by atoms with Gasteiger partial charge in [0, 0.05) is 70.7 Å². The molecule has 2 aliphatic rings. The zero-order chi connectivity index (χ0) is 21.6. The summed E-state index contributed by atoms with van der Waals surface area (Å²) < 4.78 is 5.33. The maximum absolute atomic E-state index is 12.9. The first-order valence-corrected chi connectivity index (χ1v) is 11.1. The van der Waals surface area contributed by atoms with Gasteiger partial charge in [0.2, 0.25) is 11.9 Å². The number of amides is 1. The molecule has 2 aromatic rings. The Kier molecular flexibility index (Phi) is 6.74. The van der Waals surface area contributed by atoms with Gasteiger partial charge in [0.15, 0.2) is 0 Å². The molecule has 0 bridgehead atoms. The average molecular weight is 425 g/mol. The molecule has 0 saturated carbocycles. The number of aromatic nitrogens is 2. The van der Waals surface area contributed by atoms with Crippen molar-refractivity contribution in [1.82, 2.24) is 14.9 Å². The number of piperidine rings is 1. The molecule has 8 heteroatoms. The summed E-state index contributed by atoms with van der Waals surface area (Å²) in [6.07, 6.45) is 4.48. The van der Waals surface area contributed by atoms with Crippen LogP contribution >= 0.6 is 0 Å². The van der Waals surface area contributed by atoms with Gasteiger partial charge in [-0.15, -0.1) is 0 Å². The number of benzene rings is 1. The fraction of sp³-hybridized carbons (Fsp3) is 0.522. The third kappa shape index (κ3) is 5.18. The number of nitrogens with zero attached hydrogens (tertiary/aromatic N) is 5. The Balaban J connectivity index is 1.23. The number of piperazine rings is 1. The highest BCUT2D eigenvalue weighted by Crippen LogP contribution is 2.26. The Hall–Kier alpha value is -3.03. The molecular formula is C23H32N6O2. The van der Waals surface area contributed by atoms with E-state index < -0.39 is 0 Å². The lowest BCUT2D eigenvalue weighted by atomic mass is 9.93. The van der Waals surface area contributed by atoms with E-state index in [1.54, 1.807) is 13.3 Å². The first-order valence-electron chi connectivity index (χ1n) is 11.1. The van der Waals surface area contributed by atoms with Crippen LogP contribution in [0.15, 0.2) is 36.5 Å². The van der Waals surface area contributed by atoms with Gasteiger partial charge in [0.1, 0.15) is 11.6 Å². The molecule has 2 saturated heterocycles. The molecule has 1 aromatic heterocycles. The lowest BCUT2D eigenvalue weighted by Gasteiger charge is -2.38. The molecule has 0 aliphatic carbocycles. The van der Waals surface area contributed by atoms with Crippen molar-refractivity contribution in [2.75, 3.05) is 68.5 Å². The van der Waals surface area contributed by atoms with E-state index in [0.29, 0.717) is 24.2 Å². The third-order valence-electron chi connectivity index (χ3n) is 6.32. The Morgan fingerprint density at radius 2 is 1.87 bits per heavy atom. The quantitative estimate of drug-likeness (QED) is 0.764. The van der Waals surface area contributed by atoms with Crippen LogP contribution in [-0.2, 0) is 4.79 Å². The number of rotatable bonds is 6. The number of ether oxygens (including phenoxy) is 1. The van der Waals surface area contributed by atoms with Gasteiger partial charge in [0.05, 0.1) is 7.11 Å². The lowest BCUT2D eigenvalue weighted by Crippen LogP contribution is -2.49. The number of methoxy groups -OCH3 is 1. The van der Waals surface area contributed by atoms with Gasteiger partial charge < -0.3 is 24.8 Å². The second-order valence-electron chi connectivity index (χ2n) is 8.19. The second-order valence-corrected chi connectivity index (χ2v) is 8.19. The van der Waals surface area contributed by atoms with Crippen molar-refractivity contribution in [3.05, 3.63) is 36.5 Å². The molecule has 0 spiro atoms. The van der Waals surface area contributed by atoms with Crippen LogP contribution in [0.4, 0.5) is 17.5 Å². The average Bonchev–Trinajstić information content (AvgIpc) is 2.84. The number of anilines is 3. The molecule has 2 aliphatic heterocycles. The Bertz CT molecular complexity index is 876. The molecule has 0 atom stereocenters. The minimum Gasteiger partial charge on any atom is -0.497 e. The van der Waals surface area contributed by atoms with Crippen LogP contribution in [0.2, 0.25) is 0 Å². The van der Waals surface area contributed by atoms with Gasteiger partial charge >= 0.3 is 0 Å². The standard InChI is InChI=1S/C23H32N6O2/c1-24-23-25-9-6-21(26-23)28-10-7-18(8-11-28)16-22(30)29-14-12-27(13-15-29)19-4-3-5-20(17-19)31-2/h3-6,9,17-18H,7-8,10-16H2,1-2H3,(H,24,25,26). The van der Waals surface area contributed by atoms with Gasteiger partial charge in [-0.1, -0.05) is 6.07 Å². The predicted octanol–water partition coefficient (Wildman–Crippen LogP) is 2.48. The van der Waals surface area contributed by atoms with Crippen LogP contribution < -0.4 is 19.9 Å². The summed E-state index contributed by atoms with van der Waals surface area (Å²) in [6, 6.07) is 10.1. The minimum absolute atomic E-state index is 0.295. The minimum atomic E-state index is 0.295. The highest BCUT2D eigenvalue weighted by Gasteiger charge is 2.27. The van der Waals surface area contributed by atoms with Crippen molar-refractivity contribution < 1.29 is 9.53 Å². The molecule has 0 radical (unpaired) electrons. The molecule has 31 heavy (non-hydrogen) atoms. The summed E-state index contributed by atoms with van der Waals surface area (Å²) in [5.74, 6) is 3.21. The summed E-state index contributed by atoms with van der Waals surface area (Å²) in [5, 5.41) is 2.99. The number of hydrogen-bond donors (Lipinski definition) is 1. The van der Waals surface area contributed by atoms with Crippen molar-refractivity contribution in [3.63, 3.8) is 0 Å². The summed E-state index contributed by atoms with van der Waals surface area (Å²) in [6.45, 7) is 5.15. The zero-order valence-corrected chi connectivity index (χ0v) is 18.5. The first-order chi connectivity index (χ1) is 15.2. The molecule has 2 fully saturated rings. The molecule has 4 rings (SSSR count). The highest BCUT2D eigenvalue weighted by molar-refractivity contribution is 5.77. The highest BCUT2D eigenvalue weighted by atomic mass is 16.5. The smallest absolute Gasteiger partial charge is 0.224 e. The van der Waals surface area contributed by atoms with Crippen LogP contribution in [0.5, 0.6) is 5.75 Å². The molecule has 1 amide bonds. The Labute approximate surface area is 184 Å². The normalized spacial score (nSPS) is 17.5. The second kappa shape index (κ2) is 9.85. The fourth-order valence-corrected chi connectivity index (χ4v) is 4.41. The van der Waals surface area contributed by atoms with Crippen LogP contribution in [0, 0.1) is 5.92 Å². The van der Waals surface area contributed by atoms with E-state index in [2.05, 4.69) is 37.2 Å². The van der Waals surface area contributed by atoms with Crippen molar-refractivity contribution in [1.29, 1.82) is 0 Å². The maximum Gasteiger partial charge on any atom is 0.224 e. The van der Waals surface area contributed by atoms with E-state index in [1.165, 1.54) is 0 Å². The van der Waals surface area contributed by atoms with Crippen molar-refractivity contribution >= 4 is 23.4 Å². The van der Waals surface area contributed by atoms with Crippen LogP contribution in [0.3, 0.4) is 0 Å². The molecule has 8 nitrogen and oxygen atoms in total. The molecule has 1 aromatic carbocycles. The summed E-state index contributed by atoms with van der Waals surface area (Å²) in [4.78, 5) is 28.3. The van der Waals surface area contributed by atoms with Crippen molar-refractivity contribution in [3.8, 4) is 5.75 Å². The Morgan fingerprint density at radius 3 is 2.58 bits per heavy atom. The lowest BCUT2D eigenvalue weighted by molar-refractivity contribution is -0.132. The molecule has 3 heterocycles. The number of nitrogens with one attached hydrogen (secondary N) is 1. The monoisotopic (exact) mass is 424 g/mol. The van der Waals surface area contributed by atoms with E-state index in [4.69, 9.17) is 4.74 Å². The van der Waals surface area contributed by atoms with Gasteiger partial charge in [0.25, 0.3) is 0 Å². The molecular weight excluding hydrogens is 392 g/mol. The van der Waals surface area contributed by atoms with E-state index in [0.717, 1.165) is 69.4 Å². The van der Waals surface area contributed by atoms with E-state index in [9.17, 15) is 4.79 Å². The van der Waals surface area contributed by atoms with Crippen LogP contribution in [0.25, 0.3) is 0 Å². The third-order valence-corrected chi connectivity index (χ3v) is 6.32. The van der Waals surface area contributed by atoms with E-state index >= 15 is 0 Å². The first kappa shape index (κ1) is 21.2. The molecule has 1 N–H and O–H groups in total. The van der Waals surface area contributed by atoms with E-state index in [-0.39, 0.29) is 0 Å². The topological polar surface area (TPSA) is 73.8 Å². The fourth-order valence-electron chi connectivity index (χ4n) is 4.41. The zero-order valence-electron chi connectivity index (χ0n) is 18.5. The number of carbonyl (C=O) groups is 1. The van der Waals surface area contributed by atoms with Crippen molar-refractivity contribution in [2.24, 2.45) is 5.92 Å². The van der Waals surface area contributed by atoms with Crippen LogP contribution in [-0.4, -0.2) is 74.2 Å². The Morgan fingerprint density at radius 1 is 1.10 bits per heavy atom. The predicted molar refractivity (Wildman–Crippen MR) is 123 cm³/mol. The maximum atomic E-state index is 12.9. The SMILES string of the molecule is CNc1nccc(N2CCC(CC(=O)N3CCN(c4cccc(OC)c4)CC3)CC2)n1. The summed E-state index contributed by atoms with van der Waals surface area (Å²) in [7, 11) is 3.51. The van der Waals surface area contributed by atoms with Crippen LogP contribution in [0.1, 0.15) is 19.3 Å². The van der Waals surface area contributed by atoms with Gasteiger partial charge in [-0.05, 0) is 37.0 Å². The largest absolute Gasteiger partial charge is 0.497 e. The van der Waals surface area contributed by atoms with Crippen molar-refractivity contribution in [2.45, 2.75) is 19.3 Å². The summed E-state index contributed by atoms with van der Waals surface area (Å²) >= 11 is 0. The number of carbonyl (C=O) groups excluding carboxylic acids is 1. The molecule has 0 unspecified atom stereocenters. The van der Waals surface area contributed by atoms with Gasteiger partial charge in [-0.2, -0.15) is 4.98 Å². The van der Waals surface area contributed by atoms with Gasteiger partial charge in [-0.25, -0.2) is 4.98 Å². The molecule has 166 valence electrons. The summed E-state index contributed by atoms with van der Waals surface area (Å²) in [5.41, 5.74) is 1.16. The van der Waals surface area contributed by atoms with E-state index in [1.807, 2.05) is 30.1 Å². The number of hydrogen-bond acceptors (Lipinski definition) is 7. The van der Waals surface area contributed by atoms with Gasteiger partial charge in [-0.3, -0.25) is 4.79 Å².